The minimum absolute atomic E-state index is 0.0123. The summed E-state index contributed by atoms with van der Waals surface area (Å²) in [6.07, 6.45) is 3.14. The van der Waals surface area contributed by atoms with E-state index in [1.54, 1.807) is 12.0 Å². The van der Waals surface area contributed by atoms with Crippen LogP contribution in [-0.2, 0) is 14.3 Å². The fourth-order valence-corrected chi connectivity index (χ4v) is 1.57. The van der Waals surface area contributed by atoms with E-state index in [0.29, 0.717) is 13.1 Å². The monoisotopic (exact) mass is 199 g/mol. The molecule has 1 amide bonds. The molecule has 0 bridgehead atoms. The van der Waals surface area contributed by atoms with E-state index >= 15 is 0 Å². The summed E-state index contributed by atoms with van der Waals surface area (Å²) in [5.74, 6) is 0.0358. The average Bonchev–Trinajstić information content (AvgIpc) is 2.45. The van der Waals surface area contributed by atoms with Crippen LogP contribution in [0.1, 0.15) is 25.7 Å². The molecule has 1 rings (SSSR count). The number of hydrogen-bond acceptors (Lipinski definition) is 3. The third kappa shape index (κ3) is 3.46. The Bertz CT molecular complexity index is 215. The van der Waals surface area contributed by atoms with Crippen molar-refractivity contribution in [3.63, 3.8) is 0 Å². The predicted octanol–water partition coefficient (Wildman–Crippen LogP) is 0.604. The lowest BCUT2D eigenvalue weighted by Gasteiger charge is -2.13. The van der Waals surface area contributed by atoms with Crippen LogP contribution < -0.4 is 0 Å². The summed E-state index contributed by atoms with van der Waals surface area (Å²) in [6.45, 7) is 1.81. The summed E-state index contributed by atoms with van der Waals surface area (Å²) < 4.78 is 4.92. The van der Waals surface area contributed by atoms with E-state index in [-0.39, 0.29) is 18.1 Å². The Morgan fingerprint density at radius 3 is 2.64 bits per heavy atom. The van der Waals surface area contributed by atoms with Gasteiger partial charge in [-0.05, 0) is 19.3 Å². The molecule has 0 aromatic rings. The molecule has 0 aliphatic carbocycles. The zero-order valence-electron chi connectivity index (χ0n) is 8.62. The Morgan fingerprint density at radius 2 is 2.07 bits per heavy atom. The Labute approximate surface area is 84.2 Å². The van der Waals surface area contributed by atoms with Gasteiger partial charge in [-0.3, -0.25) is 9.59 Å². The Kier molecular flexibility index (Phi) is 4.59. The van der Waals surface area contributed by atoms with Crippen LogP contribution in [0.25, 0.3) is 0 Å². The highest BCUT2D eigenvalue weighted by molar-refractivity contribution is 6.05. The first-order chi connectivity index (χ1) is 6.74. The molecule has 0 radical (unpaired) electrons. The molecule has 80 valence electrons. The molecular formula is C10H17NO3. The first kappa shape index (κ1) is 11.2. The summed E-state index contributed by atoms with van der Waals surface area (Å²) in [6, 6.07) is 0. The molecule has 1 fully saturated rings. The van der Waals surface area contributed by atoms with Gasteiger partial charge in [0, 0.05) is 20.3 Å². The highest BCUT2D eigenvalue weighted by Crippen LogP contribution is 2.08. The van der Waals surface area contributed by atoms with Crippen LogP contribution in [0.4, 0.5) is 0 Å². The van der Waals surface area contributed by atoms with Gasteiger partial charge in [0.15, 0.2) is 5.78 Å². The molecule has 14 heavy (non-hydrogen) atoms. The third-order valence-corrected chi connectivity index (χ3v) is 2.34. The summed E-state index contributed by atoms with van der Waals surface area (Å²) in [7, 11) is 1.68. The molecular weight excluding hydrogens is 182 g/mol. The molecule has 1 aliphatic rings. The van der Waals surface area contributed by atoms with Gasteiger partial charge >= 0.3 is 0 Å². The van der Waals surface area contributed by atoms with E-state index in [1.165, 1.54) is 0 Å². The first-order valence-electron chi connectivity index (χ1n) is 5.02. The Balaban J connectivity index is 2.07. The topological polar surface area (TPSA) is 46.6 Å². The maximum Gasteiger partial charge on any atom is 0.230 e. The lowest BCUT2D eigenvalue weighted by Crippen LogP contribution is -2.26. The maximum atomic E-state index is 11.2. The molecule has 4 heteroatoms. The van der Waals surface area contributed by atoms with Crippen molar-refractivity contribution in [1.82, 2.24) is 4.90 Å². The average molecular weight is 199 g/mol. The number of unbranched alkanes of at least 4 members (excludes halogenated alkanes) is 2. The summed E-state index contributed by atoms with van der Waals surface area (Å²) in [4.78, 5) is 23.7. The van der Waals surface area contributed by atoms with E-state index < -0.39 is 0 Å². The number of nitrogens with zero attached hydrogens (tertiary/aromatic N) is 1. The van der Waals surface area contributed by atoms with E-state index in [9.17, 15) is 9.59 Å². The normalized spacial score (nSPS) is 16.8. The highest BCUT2D eigenvalue weighted by atomic mass is 16.5. The second-order valence-corrected chi connectivity index (χ2v) is 3.58. The van der Waals surface area contributed by atoms with Crippen molar-refractivity contribution in [3.05, 3.63) is 0 Å². The van der Waals surface area contributed by atoms with Gasteiger partial charge in [0.1, 0.15) is 0 Å². The molecule has 1 aliphatic heterocycles. The fourth-order valence-electron chi connectivity index (χ4n) is 1.57. The van der Waals surface area contributed by atoms with Gasteiger partial charge in [-0.25, -0.2) is 0 Å². The molecule has 0 spiro atoms. The van der Waals surface area contributed by atoms with Crippen molar-refractivity contribution in [2.24, 2.45) is 0 Å². The number of methoxy groups -OCH3 is 1. The van der Waals surface area contributed by atoms with Crippen molar-refractivity contribution in [3.8, 4) is 0 Å². The summed E-state index contributed by atoms with van der Waals surface area (Å²) in [5, 5.41) is 0. The van der Waals surface area contributed by atoms with Crippen molar-refractivity contribution >= 4 is 11.7 Å². The molecule has 0 aromatic heterocycles. The number of ether oxygens (including phenoxy) is 1. The van der Waals surface area contributed by atoms with Crippen molar-refractivity contribution < 1.29 is 14.3 Å². The molecule has 1 saturated heterocycles. The van der Waals surface area contributed by atoms with Gasteiger partial charge in [-0.2, -0.15) is 0 Å². The van der Waals surface area contributed by atoms with Crippen molar-refractivity contribution in [2.75, 3.05) is 26.8 Å². The van der Waals surface area contributed by atoms with Crippen LogP contribution in [0.3, 0.4) is 0 Å². The number of likely N-dealkylation sites (tertiary alicyclic amines) is 1. The number of Topliss-reactive ketones (excluding diaryl/α,β-unsaturated/α-hetero) is 1. The number of ketones is 1. The zero-order chi connectivity index (χ0) is 10.4. The zero-order valence-corrected chi connectivity index (χ0v) is 8.62. The molecule has 4 nitrogen and oxygen atoms in total. The lowest BCUT2D eigenvalue weighted by atomic mass is 10.2. The fraction of sp³-hybridized carbons (Fsp3) is 0.800. The summed E-state index contributed by atoms with van der Waals surface area (Å²) in [5.41, 5.74) is 0. The standard InChI is InChI=1S/C10H17NO3/c1-14-6-4-2-3-5-11-8-9(12)7-10(11)13/h2-8H2,1H3. The van der Waals surface area contributed by atoms with Gasteiger partial charge < -0.3 is 9.64 Å². The number of carbonyl (C=O) groups is 2. The van der Waals surface area contributed by atoms with Gasteiger partial charge in [0.2, 0.25) is 5.91 Å². The first-order valence-corrected chi connectivity index (χ1v) is 5.02. The van der Waals surface area contributed by atoms with E-state index in [2.05, 4.69) is 0 Å². The SMILES string of the molecule is COCCCCCN1CC(=O)CC1=O. The van der Waals surface area contributed by atoms with Gasteiger partial charge in [0.25, 0.3) is 0 Å². The van der Waals surface area contributed by atoms with Crippen LogP contribution in [0.2, 0.25) is 0 Å². The van der Waals surface area contributed by atoms with E-state index in [1.807, 2.05) is 0 Å². The summed E-state index contributed by atoms with van der Waals surface area (Å²) >= 11 is 0. The Hall–Kier alpha value is -0.900. The second kappa shape index (κ2) is 5.75. The Morgan fingerprint density at radius 1 is 1.29 bits per heavy atom. The smallest absolute Gasteiger partial charge is 0.230 e. The third-order valence-electron chi connectivity index (χ3n) is 2.34. The molecule has 0 atom stereocenters. The predicted molar refractivity (Wildman–Crippen MR) is 51.9 cm³/mol. The molecule has 0 N–H and O–H groups in total. The number of carbonyl (C=O) groups excluding carboxylic acids is 2. The van der Waals surface area contributed by atoms with Gasteiger partial charge in [-0.15, -0.1) is 0 Å². The molecule has 0 unspecified atom stereocenters. The van der Waals surface area contributed by atoms with Crippen LogP contribution >= 0.6 is 0 Å². The van der Waals surface area contributed by atoms with Crippen LogP contribution in [0, 0.1) is 0 Å². The second-order valence-electron chi connectivity index (χ2n) is 3.58. The van der Waals surface area contributed by atoms with Gasteiger partial charge in [-0.1, -0.05) is 0 Å². The minimum atomic E-state index is -0.0123. The number of amides is 1. The van der Waals surface area contributed by atoms with E-state index in [0.717, 1.165) is 25.9 Å². The van der Waals surface area contributed by atoms with Crippen LogP contribution in [-0.4, -0.2) is 43.4 Å². The minimum Gasteiger partial charge on any atom is -0.385 e. The lowest BCUT2D eigenvalue weighted by molar-refractivity contribution is -0.127. The quantitative estimate of drug-likeness (QED) is 0.465. The van der Waals surface area contributed by atoms with Crippen molar-refractivity contribution in [2.45, 2.75) is 25.7 Å². The maximum absolute atomic E-state index is 11.2. The van der Waals surface area contributed by atoms with E-state index in [4.69, 9.17) is 4.74 Å². The number of hydrogen-bond donors (Lipinski definition) is 0. The van der Waals surface area contributed by atoms with Gasteiger partial charge in [0.05, 0.1) is 13.0 Å². The van der Waals surface area contributed by atoms with Crippen LogP contribution in [0.15, 0.2) is 0 Å². The largest absolute Gasteiger partial charge is 0.385 e. The molecule has 0 aromatic carbocycles. The highest BCUT2D eigenvalue weighted by Gasteiger charge is 2.26. The molecule has 1 heterocycles. The van der Waals surface area contributed by atoms with Crippen LogP contribution in [0.5, 0.6) is 0 Å². The number of rotatable bonds is 6. The van der Waals surface area contributed by atoms with Crippen molar-refractivity contribution in [1.29, 1.82) is 0 Å². The molecule has 0 saturated carbocycles.